The van der Waals surface area contributed by atoms with E-state index < -0.39 is 0 Å². The summed E-state index contributed by atoms with van der Waals surface area (Å²) in [6.45, 7) is 1.99. The zero-order chi connectivity index (χ0) is 11.0. The fourth-order valence-electron chi connectivity index (χ4n) is 1.30. The minimum absolute atomic E-state index is 0.407. The summed E-state index contributed by atoms with van der Waals surface area (Å²) in [5.74, 6) is 1.08. The maximum Gasteiger partial charge on any atom is 0.182 e. The van der Waals surface area contributed by atoms with Crippen LogP contribution in [0.25, 0.3) is 11.3 Å². The summed E-state index contributed by atoms with van der Waals surface area (Å²) in [7, 11) is 0. The summed E-state index contributed by atoms with van der Waals surface area (Å²) in [6.07, 6.45) is 0. The third-order valence-electron chi connectivity index (χ3n) is 2.10. The zero-order valence-corrected chi connectivity index (χ0v) is 10.8. The summed E-state index contributed by atoms with van der Waals surface area (Å²) >= 11 is 8.04. The van der Waals surface area contributed by atoms with E-state index in [-0.39, 0.29) is 0 Å². The highest BCUT2D eigenvalue weighted by molar-refractivity contribution is 14.1. The van der Waals surface area contributed by atoms with Crippen molar-refractivity contribution in [2.45, 2.75) is 6.92 Å². The fourth-order valence-corrected chi connectivity index (χ4v) is 1.96. The maximum absolute atomic E-state index is 5.93. The lowest BCUT2D eigenvalue weighted by Crippen LogP contribution is -1.87. The molecule has 2 N–H and O–H groups in total. The second-order valence-electron chi connectivity index (χ2n) is 3.17. The number of nitrogen functional groups attached to an aromatic ring is 1. The first-order valence-corrected chi connectivity index (χ1v) is 5.72. The summed E-state index contributed by atoms with van der Waals surface area (Å²) in [4.78, 5) is 0. The molecule has 0 aliphatic rings. The number of hydrogen-bond donors (Lipinski definition) is 1. The molecule has 2 aromatic rings. The van der Waals surface area contributed by atoms with Gasteiger partial charge in [-0.25, -0.2) is 0 Å². The highest BCUT2D eigenvalue weighted by atomic mass is 127. The first-order valence-electron chi connectivity index (χ1n) is 4.26. The Kier molecular flexibility index (Phi) is 2.88. The van der Waals surface area contributed by atoms with Gasteiger partial charge in [-0.2, -0.15) is 0 Å². The van der Waals surface area contributed by atoms with Crippen LogP contribution < -0.4 is 5.73 Å². The van der Waals surface area contributed by atoms with Crippen LogP contribution in [0.1, 0.15) is 5.56 Å². The standard InChI is InChI=1S/C10H8ClIN2O/c1-5-2-3-6(11)4-7(5)9-8(12)10(13)14-15-9/h2-4H,1H3,(H2,13,14). The number of halogens is 2. The Bertz CT molecular complexity index is 510. The Balaban J connectivity index is 2.63. The van der Waals surface area contributed by atoms with Crippen molar-refractivity contribution in [2.75, 3.05) is 5.73 Å². The van der Waals surface area contributed by atoms with Crippen LogP contribution in [0.5, 0.6) is 0 Å². The van der Waals surface area contributed by atoms with Crippen molar-refractivity contribution < 1.29 is 4.52 Å². The van der Waals surface area contributed by atoms with Gasteiger partial charge in [0.05, 0.1) is 0 Å². The van der Waals surface area contributed by atoms with Gasteiger partial charge in [-0.05, 0) is 47.2 Å². The first-order chi connectivity index (χ1) is 7.09. The van der Waals surface area contributed by atoms with Gasteiger partial charge in [0.25, 0.3) is 0 Å². The van der Waals surface area contributed by atoms with Gasteiger partial charge in [-0.1, -0.05) is 22.8 Å². The molecule has 0 atom stereocenters. The predicted octanol–water partition coefficient (Wildman–Crippen LogP) is 3.49. The van der Waals surface area contributed by atoms with Gasteiger partial charge in [-0.15, -0.1) is 0 Å². The van der Waals surface area contributed by atoms with Crippen molar-refractivity contribution in [1.29, 1.82) is 0 Å². The Morgan fingerprint density at radius 1 is 1.47 bits per heavy atom. The smallest absolute Gasteiger partial charge is 0.182 e. The second-order valence-corrected chi connectivity index (χ2v) is 4.69. The average Bonchev–Trinajstić information content (AvgIpc) is 2.52. The van der Waals surface area contributed by atoms with Crippen LogP contribution in [0.3, 0.4) is 0 Å². The van der Waals surface area contributed by atoms with Gasteiger partial charge in [0.2, 0.25) is 0 Å². The monoisotopic (exact) mass is 334 g/mol. The first kappa shape index (κ1) is 10.8. The Morgan fingerprint density at radius 2 is 2.20 bits per heavy atom. The number of aromatic nitrogens is 1. The third kappa shape index (κ3) is 1.96. The largest absolute Gasteiger partial charge is 0.380 e. The molecular formula is C10H8ClIN2O. The fraction of sp³-hybridized carbons (Fsp3) is 0.100. The summed E-state index contributed by atoms with van der Waals surface area (Å²) < 4.78 is 5.99. The number of aryl methyl sites for hydroxylation is 1. The minimum atomic E-state index is 0.407. The number of nitrogens with two attached hydrogens (primary N) is 1. The highest BCUT2D eigenvalue weighted by Crippen LogP contribution is 2.32. The number of anilines is 1. The molecule has 15 heavy (non-hydrogen) atoms. The number of nitrogens with zero attached hydrogens (tertiary/aromatic N) is 1. The van der Waals surface area contributed by atoms with Gasteiger partial charge in [0.15, 0.2) is 11.6 Å². The molecule has 0 aliphatic heterocycles. The van der Waals surface area contributed by atoms with E-state index in [0.717, 1.165) is 14.7 Å². The summed E-state index contributed by atoms with van der Waals surface area (Å²) in [5.41, 5.74) is 7.62. The summed E-state index contributed by atoms with van der Waals surface area (Å²) in [6, 6.07) is 5.62. The molecule has 0 saturated carbocycles. The van der Waals surface area contributed by atoms with Gasteiger partial charge < -0.3 is 10.3 Å². The molecule has 0 fully saturated rings. The molecule has 0 amide bonds. The Morgan fingerprint density at radius 3 is 2.80 bits per heavy atom. The lowest BCUT2D eigenvalue weighted by Gasteiger charge is -2.02. The van der Waals surface area contributed by atoms with Crippen molar-refractivity contribution in [1.82, 2.24) is 5.16 Å². The van der Waals surface area contributed by atoms with Gasteiger partial charge in [0, 0.05) is 10.6 Å². The van der Waals surface area contributed by atoms with Crippen LogP contribution in [-0.2, 0) is 0 Å². The van der Waals surface area contributed by atoms with E-state index >= 15 is 0 Å². The van der Waals surface area contributed by atoms with Gasteiger partial charge >= 0.3 is 0 Å². The quantitative estimate of drug-likeness (QED) is 0.812. The van der Waals surface area contributed by atoms with Crippen LogP contribution >= 0.6 is 34.2 Å². The van der Waals surface area contributed by atoms with E-state index in [2.05, 4.69) is 27.7 Å². The maximum atomic E-state index is 5.93. The van der Waals surface area contributed by atoms with Crippen molar-refractivity contribution in [3.8, 4) is 11.3 Å². The van der Waals surface area contributed by atoms with Crippen molar-refractivity contribution in [2.24, 2.45) is 0 Å². The second kappa shape index (κ2) is 4.02. The molecule has 5 heteroatoms. The number of benzene rings is 1. The van der Waals surface area contributed by atoms with Crippen LogP contribution in [0, 0.1) is 10.5 Å². The lowest BCUT2D eigenvalue weighted by atomic mass is 10.1. The minimum Gasteiger partial charge on any atom is -0.380 e. The highest BCUT2D eigenvalue weighted by Gasteiger charge is 2.15. The SMILES string of the molecule is Cc1ccc(Cl)cc1-c1onc(N)c1I. The van der Waals surface area contributed by atoms with E-state index in [1.54, 1.807) is 0 Å². The van der Waals surface area contributed by atoms with E-state index in [1.807, 2.05) is 25.1 Å². The molecule has 0 spiro atoms. The normalized spacial score (nSPS) is 10.6. The van der Waals surface area contributed by atoms with E-state index in [0.29, 0.717) is 16.6 Å². The predicted molar refractivity (Wildman–Crippen MR) is 68.8 cm³/mol. The third-order valence-corrected chi connectivity index (χ3v) is 3.38. The van der Waals surface area contributed by atoms with Crippen LogP contribution in [0.4, 0.5) is 5.82 Å². The molecule has 0 radical (unpaired) electrons. The molecule has 0 bridgehead atoms. The van der Waals surface area contributed by atoms with Gasteiger partial charge in [-0.3, -0.25) is 0 Å². The molecule has 78 valence electrons. The van der Waals surface area contributed by atoms with Crippen LogP contribution in [0.2, 0.25) is 5.02 Å². The number of rotatable bonds is 1. The van der Waals surface area contributed by atoms with Crippen molar-refractivity contribution >= 4 is 40.0 Å². The Hall–Kier alpha value is -0.750. The van der Waals surface area contributed by atoms with E-state index in [1.165, 1.54) is 0 Å². The van der Waals surface area contributed by atoms with Crippen LogP contribution in [-0.4, -0.2) is 5.16 Å². The van der Waals surface area contributed by atoms with E-state index in [4.69, 9.17) is 21.9 Å². The molecule has 1 heterocycles. The van der Waals surface area contributed by atoms with E-state index in [9.17, 15) is 0 Å². The summed E-state index contributed by atoms with van der Waals surface area (Å²) in [5, 5.41) is 4.38. The number of hydrogen-bond acceptors (Lipinski definition) is 3. The molecule has 2 rings (SSSR count). The van der Waals surface area contributed by atoms with Crippen molar-refractivity contribution in [3.63, 3.8) is 0 Å². The molecule has 1 aromatic carbocycles. The van der Waals surface area contributed by atoms with Gasteiger partial charge in [0.1, 0.15) is 3.57 Å². The lowest BCUT2D eigenvalue weighted by molar-refractivity contribution is 0.435. The Labute approximate surface area is 106 Å². The average molecular weight is 335 g/mol. The molecular weight excluding hydrogens is 326 g/mol. The van der Waals surface area contributed by atoms with Crippen LogP contribution in [0.15, 0.2) is 22.7 Å². The molecule has 1 aromatic heterocycles. The molecule has 0 unspecified atom stereocenters. The molecule has 0 aliphatic carbocycles. The zero-order valence-electron chi connectivity index (χ0n) is 7.92. The molecule has 0 saturated heterocycles. The van der Waals surface area contributed by atoms with Crippen molar-refractivity contribution in [3.05, 3.63) is 32.4 Å². The topological polar surface area (TPSA) is 52.0 Å². The molecule has 3 nitrogen and oxygen atoms in total.